The number of imidazole rings is 1. The molecule has 0 saturated carbocycles. The van der Waals surface area contributed by atoms with E-state index in [4.69, 9.17) is 14.9 Å². The Morgan fingerprint density at radius 1 is 1.07 bits per heavy atom. The van der Waals surface area contributed by atoms with Crippen molar-refractivity contribution in [2.24, 2.45) is 0 Å². The van der Waals surface area contributed by atoms with Crippen molar-refractivity contribution in [3.05, 3.63) is 12.7 Å². The fourth-order valence-electron chi connectivity index (χ4n) is 3.15. The van der Waals surface area contributed by atoms with Crippen LogP contribution in [-0.4, -0.2) is 95.0 Å². The summed E-state index contributed by atoms with van der Waals surface area (Å²) >= 11 is 0. The van der Waals surface area contributed by atoms with Crippen LogP contribution in [-0.2, 0) is 14.3 Å². The van der Waals surface area contributed by atoms with E-state index in [0.29, 0.717) is 0 Å². The van der Waals surface area contributed by atoms with Crippen LogP contribution in [0.5, 0.6) is 0 Å². The third-order valence-corrected chi connectivity index (χ3v) is 4.62. The lowest BCUT2D eigenvalue weighted by Gasteiger charge is -2.22. The molecule has 1 aliphatic heterocycles. The second-order valence-electron chi connectivity index (χ2n) is 6.52. The van der Waals surface area contributed by atoms with Gasteiger partial charge < -0.3 is 35.2 Å². The number of nitrogens with zero attached hydrogens (tertiary/aromatic N) is 5. The molecular weight excluding hydrogens is 390 g/mol. The molecule has 2 aromatic rings. The summed E-state index contributed by atoms with van der Waals surface area (Å²) in [5.41, 5.74) is 0.488. The molecule has 0 radical (unpaired) electrons. The quantitative estimate of drug-likeness (QED) is 0.311. The summed E-state index contributed by atoms with van der Waals surface area (Å²) in [5, 5.41) is 47.4. The van der Waals surface area contributed by atoms with Gasteiger partial charge in [-0.2, -0.15) is 0 Å². The maximum Gasteiger partial charge on any atom is 0.305 e. The standard InChI is InChI=1S/C16H21N5O8/c22-5-8-12(27)13(28)16(29-8)21-7-19-11-14(17-6-18-15(11)21)20(3-1-9(23)24)4-2-10(25)26/h6-8,12-13,16,22,27-28H,1-5H2,(H,23,24)(H,25,26)/t8-,12?,13?,16-/m1/s1. The molecule has 0 aliphatic carbocycles. The minimum absolute atomic E-state index is 0.00937. The molecule has 0 spiro atoms. The van der Waals surface area contributed by atoms with Gasteiger partial charge in [-0.05, 0) is 0 Å². The number of ether oxygens (including phenoxy) is 1. The number of hydrogen-bond acceptors (Lipinski definition) is 10. The number of carboxylic acids is 2. The summed E-state index contributed by atoms with van der Waals surface area (Å²) in [7, 11) is 0. The van der Waals surface area contributed by atoms with Gasteiger partial charge in [-0.25, -0.2) is 15.0 Å². The van der Waals surface area contributed by atoms with Gasteiger partial charge in [0.05, 0.1) is 25.8 Å². The molecule has 1 aliphatic rings. The van der Waals surface area contributed by atoms with Crippen LogP contribution in [0.1, 0.15) is 19.1 Å². The Bertz CT molecular complexity index is 871. The monoisotopic (exact) mass is 411 g/mol. The molecule has 13 heteroatoms. The number of aliphatic carboxylic acids is 2. The van der Waals surface area contributed by atoms with Crippen molar-refractivity contribution in [2.45, 2.75) is 37.4 Å². The van der Waals surface area contributed by atoms with E-state index in [2.05, 4.69) is 15.0 Å². The molecule has 0 bridgehead atoms. The summed E-state index contributed by atoms with van der Waals surface area (Å²) in [6, 6.07) is 0. The number of carbonyl (C=O) groups is 2. The molecule has 3 rings (SSSR count). The number of fused-ring (bicyclic) bond motifs is 1. The van der Waals surface area contributed by atoms with Gasteiger partial charge in [0, 0.05) is 13.1 Å². The van der Waals surface area contributed by atoms with Crippen LogP contribution in [0.15, 0.2) is 12.7 Å². The predicted octanol–water partition coefficient (Wildman–Crippen LogP) is -1.81. The van der Waals surface area contributed by atoms with Gasteiger partial charge >= 0.3 is 11.9 Å². The van der Waals surface area contributed by atoms with E-state index in [-0.39, 0.29) is 42.9 Å². The second-order valence-corrected chi connectivity index (χ2v) is 6.52. The number of hydrogen-bond donors (Lipinski definition) is 5. The van der Waals surface area contributed by atoms with Crippen molar-refractivity contribution in [3.8, 4) is 0 Å². The summed E-state index contributed by atoms with van der Waals surface area (Å²) in [6.45, 7) is -0.468. The molecule has 0 aromatic carbocycles. The lowest BCUT2D eigenvalue weighted by atomic mass is 10.1. The maximum atomic E-state index is 11.0. The first-order chi connectivity index (χ1) is 13.8. The van der Waals surface area contributed by atoms with Gasteiger partial charge in [0.2, 0.25) is 0 Å². The highest BCUT2D eigenvalue weighted by Gasteiger charge is 2.44. The Labute approximate surface area is 163 Å². The highest BCUT2D eigenvalue weighted by atomic mass is 16.6. The normalized spacial score (nSPS) is 24.1. The van der Waals surface area contributed by atoms with E-state index < -0.39 is 43.1 Å². The number of anilines is 1. The van der Waals surface area contributed by atoms with Crippen LogP contribution < -0.4 is 4.90 Å². The number of aromatic nitrogens is 4. The van der Waals surface area contributed by atoms with E-state index in [9.17, 15) is 24.9 Å². The zero-order valence-corrected chi connectivity index (χ0v) is 15.2. The average Bonchev–Trinajstić information content (AvgIpc) is 3.23. The largest absolute Gasteiger partial charge is 0.481 e. The fraction of sp³-hybridized carbons (Fsp3) is 0.562. The van der Waals surface area contributed by atoms with Crippen molar-refractivity contribution in [1.82, 2.24) is 19.5 Å². The Morgan fingerprint density at radius 3 is 2.28 bits per heavy atom. The minimum atomic E-state index is -1.34. The number of aliphatic hydroxyl groups excluding tert-OH is 3. The fourth-order valence-corrected chi connectivity index (χ4v) is 3.15. The Hall–Kier alpha value is -2.87. The molecule has 2 aromatic heterocycles. The summed E-state index contributed by atoms with van der Waals surface area (Å²) < 4.78 is 6.86. The van der Waals surface area contributed by atoms with Crippen LogP contribution in [0.25, 0.3) is 11.2 Å². The lowest BCUT2D eigenvalue weighted by Crippen LogP contribution is -2.33. The van der Waals surface area contributed by atoms with Crippen LogP contribution in [0, 0.1) is 0 Å². The molecule has 1 saturated heterocycles. The molecular formula is C16H21N5O8. The zero-order chi connectivity index (χ0) is 21.1. The van der Waals surface area contributed by atoms with E-state index in [1.807, 2.05) is 0 Å². The van der Waals surface area contributed by atoms with Crippen molar-refractivity contribution in [3.63, 3.8) is 0 Å². The molecule has 2 unspecified atom stereocenters. The van der Waals surface area contributed by atoms with E-state index in [0.717, 1.165) is 0 Å². The maximum absolute atomic E-state index is 11.0. The predicted molar refractivity (Wildman–Crippen MR) is 95.1 cm³/mol. The lowest BCUT2D eigenvalue weighted by molar-refractivity contribution is -0.137. The second kappa shape index (κ2) is 8.65. The van der Waals surface area contributed by atoms with Gasteiger partial charge in [-0.15, -0.1) is 0 Å². The zero-order valence-electron chi connectivity index (χ0n) is 15.2. The minimum Gasteiger partial charge on any atom is -0.481 e. The first-order valence-electron chi connectivity index (χ1n) is 8.82. The topological polar surface area (TPSA) is 191 Å². The van der Waals surface area contributed by atoms with Crippen LogP contribution >= 0.6 is 0 Å². The van der Waals surface area contributed by atoms with E-state index >= 15 is 0 Å². The molecule has 5 N–H and O–H groups in total. The van der Waals surface area contributed by atoms with Crippen molar-refractivity contribution >= 4 is 28.9 Å². The van der Waals surface area contributed by atoms with E-state index in [1.54, 1.807) is 0 Å². The molecule has 0 amide bonds. The van der Waals surface area contributed by atoms with Crippen LogP contribution in [0.2, 0.25) is 0 Å². The number of aliphatic hydroxyl groups is 3. The summed E-state index contributed by atoms with van der Waals surface area (Å²) in [6.07, 6.45) is -2.62. The molecule has 4 atom stereocenters. The molecule has 13 nitrogen and oxygen atoms in total. The average molecular weight is 411 g/mol. The van der Waals surface area contributed by atoms with Gasteiger partial charge in [0.15, 0.2) is 23.2 Å². The van der Waals surface area contributed by atoms with Gasteiger partial charge in [-0.3, -0.25) is 14.2 Å². The molecule has 158 valence electrons. The highest BCUT2D eigenvalue weighted by Crippen LogP contribution is 2.32. The molecule has 3 heterocycles. The van der Waals surface area contributed by atoms with Crippen molar-refractivity contribution in [1.29, 1.82) is 0 Å². The third-order valence-electron chi connectivity index (χ3n) is 4.62. The van der Waals surface area contributed by atoms with Gasteiger partial charge in [0.25, 0.3) is 0 Å². The summed E-state index contributed by atoms with van der Waals surface area (Å²) in [5.74, 6) is -1.86. The number of rotatable bonds is 9. The Morgan fingerprint density at radius 2 is 1.72 bits per heavy atom. The SMILES string of the molecule is O=C(O)CCN(CCC(=O)O)c1ncnc2c1ncn2[C@@H]1O[C@H](CO)C(O)C1O. The third kappa shape index (κ3) is 4.27. The first kappa shape index (κ1) is 20.9. The summed E-state index contributed by atoms with van der Waals surface area (Å²) in [4.78, 5) is 35.9. The smallest absolute Gasteiger partial charge is 0.305 e. The van der Waals surface area contributed by atoms with Crippen molar-refractivity contribution in [2.75, 3.05) is 24.6 Å². The van der Waals surface area contributed by atoms with Crippen LogP contribution in [0.4, 0.5) is 5.82 Å². The number of carboxylic acid groups (broad SMARTS) is 2. The highest BCUT2D eigenvalue weighted by molar-refractivity contribution is 5.84. The van der Waals surface area contributed by atoms with Crippen LogP contribution in [0.3, 0.4) is 0 Å². The molecule has 29 heavy (non-hydrogen) atoms. The van der Waals surface area contributed by atoms with Crippen molar-refractivity contribution < 1.29 is 39.9 Å². The first-order valence-corrected chi connectivity index (χ1v) is 8.82. The Balaban J connectivity index is 1.95. The van der Waals surface area contributed by atoms with Gasteiger partial charge in [0.1, 0.15) is 24.6 Å². The Kier molecular flexibility index (Phi) is 6.22. The van der Waals surface area contributed by atoms with Gasteiger partial charge in [-0.1, -0.05) is 0 Å². The molecule has 1 fully saturated rings. The van der Waals surface area contributed by atoms with E-state index in [1.165, 1.54) is 22.1 Å².